The summed E-state index contributed by atoms with van der Waals surface area (Å²) in [6.45, 7) is 5.56. The summed E-state index contributed by atoms with van der Waals surface area (Å²) < 4.78 is 0. The molecule has 0 unspecified atom stereocenters. The van der Waals surface area contributed by atoms with Gasteiger partial charge in [0.15, 0.2) is 0 Å². The van der Waals surface area contributed by atoms with E-state index in [2.05, 4.69) is 19.8 Å². The molecule has 1 aromatic heterocycles. The van der Waals surface area contributed by atoms with Crippen molar-refractivity contribution < 1.29 is 5.11 Å². The fourth-order valence-electron chi connectivity index (χ4n) is 2.10. The molecule has 5 heteroatoms. The molecule has 1 saturated heterocycles. The Kier molecular flexibility index (Phi) is 4.70. The molecular weight excluding hydrogens is 216 g/mol. The molecule has 0 bridgehead atoms. The van der Waals surface area contributed by atoms with Crippen LogP contribution in [0.25, 0.3) is 0 Å². The van der Waals surface area contributed by atoms with Crippen LogP contribution in [0.3, 0.4) is 0 Å². The standard InChI is InChI=1S/C12H20N4O/c17-10-2-1-5-15-6-8-16(9-7-15)12-11-13-3-4-14-12/h3-4,11,17H,1-2,5-10H2. The van der Waals surface area contributed by atoms with Crippen molar-refractivity contribution in [2.75, 3.05) is 44.2 Å². The topological polar surface area (TPSA) is 52.5 Å². The molecular formula is C12H20N4O. The highest BCUT2D eigenvalue weighted by atomic mass is 16.2. The number of unbranched alkanes of at least 4 members (excludes halogenated alkanes) is 1. The van der Waals surface area contributed by atoms with Crippen molar-refractivity contribution in [3.63, 3.8) is 0 Å². The van der Waals surface area contributed by atoms with Crippen LogP contribution in [-0.4, -0.2) is 59.3 Å². The Bertz CT molecular complexity index is 312. The summed E-state index contributed by atoms with van der Waals surface area (Å²) in [6.07, 6.45) is 7.25. The Morgan fingerprint density at radius 2 is 1.94 bits per heavy atom. The van der Waals surface area contributed by atoms with Gasteiger partial charge in [0.05, 0.1) is 6.20 Å². The van der Waals surface area contributed by atoms with E-state index in [1.807, 2.05) is 6.20 Å². The van der Waals surface area contributed by atoms with E-state index < -0.39 is 0 Å². The van der Waals surface area contributed by atoms with E-state index >= 15 is 0 Å². The fourth-order valence-corrected chi connectivity index (χ4v) is 2.10. The van der Waals surface area contributed by atoms with Gasteiger partial charge in [0.2, 0.25) is 0 Å². The smallest absolute Gasteiger partial charge is 0.147 e. The Hall–Kier alpha value is -1.20. The van der Waals surface area contributed by atoms with Crippen LogP contribution in [0.4, 0.5) is 5.82 Å². The zero-order valence-electron chi connectivity index (χ0n) is 10.1. The molecule has 5 nitrogen and oxygen atoms in total. The van der Waals surface area contributed by atoms with Crippen LogP contribution >= 0.6 is 0 Å². The van der Waals surface area contributed by atoms with Gasteiger partial charge in [0, 0.05) is 45.2 Å². The summed E-state index contributed by atoms with van der Waals surface area (Å²) in [6, 6.07) is 0. The minimum Gasteiger partial charge on any atom is -0.396 e. The van der Waals surface area contributed by atoms with Crippen LogP contribution in [0.1, 0.15) is 12.8 Å². The summed E-state index contributed by atoms with van der Waals surface area (Å²) in [5, 5.41) is 8.74. The van der Waals surface area contributed by atoms with Crippen molar-refractivity contribution in [2.45, 2.75) is 12.8 Å². The highest BCUT2D eigenvalue weighted by Gasteiger charge is 2.17. The van der Waals surface area contributed by atoms with Crippen molar-refractivity contribution in [1.82, 2.24) is 14.9 Å². The van der Waals surface area contributed by atoms with Crippen LogP contribution in [0, 0.1) is 0 Å². The summed E-state index contributed by atoms with van der Waals surface area (Å²) in [5.41, 5.74) is 0. The van der Waals surface area contributed by atoms with Crippen molar-refractivity contribution >= 4 is 5.82 Å². The van der Waals surface area contributed by atoms with Gasteiger partial charge in [-0.1, -0.05) is 0 Å². The number of anilines is 1. The summed E-state index contributed by atoms with van der Waals surface area (Å²) in [5.74, 6) is 0.975. The third-order valence-corrected chi connectivity index (χ3v) is 3.13. The highest BCUT2D eigenvalue weighted by Crippen LogP contribution is 2.11. The highest BCUT2D eigenvalue weighted by molar-refractivity contribution is 5.35. The van der Waals surface area contributed by atoms with Gasteiger partial charge in [-0.15, -0.1) is 0 Å². The zero-order valence-corrected chi connectivity index (χ0v) is 10.1. The maximum Gasteiger partial charge on any atom is 0.147 e. The number of aromatic nitrogens is 2. The minimum atomic E-state index is 0.305. The minimum absolute atomic E-state index is 0.305. The predicted octanol–water partition coefficient (Wildman–Crippen LogP) is 0.371. The van der Waals surface area contributed by atoms with Gasteiger partial charge in [-0.2, -0.15) is 0 Å². The number of aliphatic hydroxyl groups is 1. The van der Waals surface area contributed by atoms with Crippen LogP contribution in [0.2, 0.25) is 0 Å². The number of aliphatic hydroxyl groups excluding tert-OH is 1. The Labute approximate surface area is 102 Å². The normalized spacial score (nSPS) is 17.4. The lowest BCUT2D eigenvalue weighted by Crippen LogP contribution is -2.46. The third-order valence-electron chi connectivity index (χ3n) is 3.13. The Morgan fingerprint density at radius 3 is 2.59 bits per heavy atom. The van der Waals surface area contributed by atoms with E-state index in [9.17, 15) is 0 Å². The van der Waals surface area contributed by atoms with E-state index in [1.54, 1.807) is 12.4 Å². The SMILES string of the molecule is OCCCCN1CCN(c2cnccn2)CC1. The second-order valence-corrected chi connectivity index (χ2v) is 4.32. The van der Waals surface area contributed by atoms with Gasteiger partial charge in [0.1, 0.15) is 5.82 Å². The molecule has 0 spiro atoms. The van der Waals surface area contributed by atoms with Gasteiger partial charge in [-0.3, -0.25) is 9.88 Å². The van der Waals surface area contributed by atoms with Gasteiger partial charge < -0.3 is 10.0 Å². The first-order valence-corrected chi connectivity index (χ1v) is 6.24. The van der Waals surface area contributed by atoms with Crippen molar-refractivity contribution in [1.29, 1.82) is 0 Å². The van der Waals surface area contributed by atoms with Gasteiger partial charge in [-0.05, 0) is 19.4 Å². The maximum atomic E-state index is 8.74. The fraction of sp³-hybridized carbons (Fsp3) is 0.667. The molecule has 0 amide bonds. The largest absolute Gasteiger partial charge is 0.396 e. The quantitative estimate of drug-likeness (QED) is 0.749. The monoisotopic (exact) mass is 236 g/mol. The lowest BCUT2D eigenvalue weighted by atomic mass is 10.2. The summed E-state index contributed by atoms with van der Waals surface area (Å²) in [7, 11) is 0. The zero-order chi connectivity index (χ0) is 11.9. The second-order valence-electron chi connectivity index (χ2n) is 4.32. The van der Waals surface area contributed by atoms with Gasteiger partial charge in [-0.25, -0.2) is 4.98 Å². The Morgan fingerprint density at radius 1 is 1.12 bits per heavy atom. The molecule has 0 aromatic carbocycles. The molecule has 0 aliphatic carbocycles. The first-order valence-electron chi connectivity index (χ1n) is 6.24. The van der Waals surface area contributed by atoms with Gasteiger partial charge >= 0.3 is 0 Å². The number of rotatable bonds is 5. The van der Waals surface area contributed by atoms with Gasteiger partial charge in [0.25, 0.3) is 0 Å². The van der Waals surface area contributed by atoms with Crippen LogP contribution < -0.4 is 4.90 Å². The maximum absolute atomic E-state index is 8.74. The lowest BCUT2D eigenvalue weighted by Gasteiger charge is -2.35. The molecule has 94 valence electrons. The molecule has 1 aliphatic heterocycles. The molecule has 2 heterocycles. The van der Waals surface area contributed by atoms with Crippen molar-refractivity contribution in [3.8, 4) is 0 Å². The molecule has 2 rings (SSSR count). The molecule has 1 aromatic rings. The number of hydrogen-bond acceptors (Lipinski definition) is 5. The average molecular weight is 236 g/mol. The molecule has 0 radical (unpaired) electrons. The molecule has 0 atom stereocenters. The van der Waals surface area contributed by atoms with E-state index in [0.717, 1.165) is 51.4 Å². The molecule has 1 aliphatic rings. The van der Waals surface area contributed by atoms with Crippen LogP contribution in [-0.2, 0) is 0 Å². The van der Waals surface area contributed by atoms with E-state index in [0.29, 0.717) is 6.61 Å². The van der Waals surface area contributed by atoms with E-state index in [4.69, 9.17) is 5.11 Å². The van der Waals surface area contributed by atoms with Crippen molar-refractivity contribution in [2.24, 2.45) is 0 Å². The second kappa shape index (κ2) is 6.51. The van der Waals surface area contributed by atoms with E-state index in [1.165, 1.54) is 0 Å². The molecule has 0 saturated carbocycles. The number of piperazine rings is 1. The molecule has 1 fully saturated rings. The predicted molar refractivity (Wildman–Crippen MR) is 67.0 cm³/mol. The number of nitrogens with zero attached hydrogens (tertiary/aromatic N) is 4. The van der Waals surface area contributed by atoms with Crippen LogP contribution in [0.5, 0.6) is 0 Å². The Balaban J connectivity index is 1.74. The average Bonchev–Trinajstić information content (AvgIpc) is 2.41. The first-order chi connectivity index (χ1) is 8.40. The summed E-state index contributed by atoms with van der Waals surface area (Å²) in [4.78, 5) is 13.1. The number of hydrogen-bond donors (Lipinski definition) is 1. The third kappa shape index (κ3) is 3.64. The molecule has 1 N–H and O–H groups in total. The first kappa shape index (κ1) is 12.3. The van der Waals surface area contributed by atoms with Crippen molar-refractivity contribution in [3.05, 3.63) is 18.6 Å². The van der Waals surface area contributed by atoms with E-state index in [-0.39, 0.29) is 0 Å². The lowest BCUT2D eigenvalue weighted by molar-refractivity contribution is 0.232. The summed E-state index contributed by atoms with van der Waals surface area (Å²) >= 11 is 0. The van der Waals surface area contributed by atoms with Crippen LogP contribution in [0.15, 0.2) is 18.6 Å². The molecule has 17 heavy (non-hydrogen) atoms.